The fourth-order valence-electron chi connectivity index (χ4n) is 1.67. The molecule has 0 saturated heterocycles. The van der Waals surface area contributed by atoms with Crippen LogP contribution in [0.15, 0.2) is 30.6 Å². The number of ether oxygens (including phenoxy) is 2. The zero-order chi connectivity index (χ0) is 11.7. The molecule has 17 heavy (non-hydrogen) atoms. The molecule has 0 aliphatic carbocycles. The molecule has 0 amide bonds. The molecule has 0 atom stereocenters. The lowest BCUT2D eigenvalue weighted by Gasteiger charge is -2.18. The van der Waals surface area contributed by atoms with Crippen LogP contribution in [0.25, 0.3) is 11.4 Å². The SMILES string of the molecule is Nc1cnc(-c2ccc3c(c2)OCCO3)nc1. The summed E-state index contributed by atoms with van der Waals surface area (Å²) in [7, 11) is 0. The summed E-state index contributed by atoms with van der Waals surface area (Å²) >= 11 is 0. The van der Waals surface area contributed by atoms with Crippen LogP contribution in [-0.2, 0) is 0 Å². The van der Waals surface area contributed by atoms with Gasteiger partial charge in [-0.3, -0.25) is 0 Å². The molecule has 0 saturated carbocycles. The van der Waals surface area contributed by atoms with Crippen molar-refractivity contribution in [1.29, 1.82) is 0 Å². The number of hydrogen-bond donors (Lipinski definition) is 1. The minimum Gasteiger partial charge on any atom is -0.486 e. The van der Waals surface area contributed by atoms with Gasteiger partial charge in [0.25, 0.3) is 0 Å². The van der Waals surface area contributed by atoms with Crippen molar-refractivity contribution in [2.24, 2.45) is 0 Å². The van der Waals surface area contributed by atoms with E-state index in [9.17, 15) is 0 Å². The van der Waals surface area contributed by atoms with Crippen molar-refractivity contribution in [3.05, 3.63) is 30.6 Å². The van der Waals surface area contributed by atoms with Crippen molar-refractivity contribution in [3.8, 4) is 22.9 Å². The zero-order valence-corrected chi connectivity index (χ0v) is 9.09. The Labute approximate surface area is 98.2 Å². The summed E-state index contributed by atoms with van der Waals surface area (Å²) in [5.74, 6) is 2.11. The number of nitrogens with zero attached hydrogens (tertiary/aromatic N) is 2. The molecule has 0 fully saturated rings. The Morgan fingerprint density at radius 2 is 1.71 bits per heavy atom. The van der Waals surface area contributed by atoms with Gasteiger partial charge < -0.3 is 15.2 Å². The molecule has 1 aromatic heterocycles. The van der Waals surface area contributed by atoms with Crippen LogP contribution < -0.4 is 15.2 Å². The van der Waals surface area contributed by atoms with Crippen LogP contribution in [0, 0.1) is 0 Å². The maximum Gasteiger partial charge on any atom is 0.162 e. The Morgan fingerprint density at radius 1 is 1.00 bits per heavy atom. The first-order valence-electron chi connectivity index (χ1n) is 5.30. The maximum absolute atomic E-state index is 5.55. The van der Waals surface area contributed by atoms with Crippen molar-refractivity contribution in [1.82, 2.24) is 9.97 Å². The van der Waals surface area contributed by atoms with Gasteiger partial charge in [-0.2, -0.15) is 0 Å². The number of benzene rings is 1. The Balaban J connectivity index is 2.01. The molecule has 0 spiro atoms. The van der Waals surface area contributed by atoms with Gasteiger partial charge in [0, 0.05) is 5.56 Å². The maximum atomic E-state index is 5.55. The van der Waals surface area contributed by atoms with Crippen LogP contribution in [0.4, 0.5) is 5.69 Å². The van der Waals surface area contributed by atoms with E-state index in [0.717, 1.165) is 17.1 Å². The quantitative estimate of drug-likeness (QED) is 0.802. The van der Waals surface area contributed by atoms with Gasteiger partial charge in [0.05, 0.1) is 18.1 Å². The molecule has 0 bridgehead atoms. The second-order valence-corrected chi connectivity index (χ2v) is 3.70. The summed E-state index contributed by atoms with van der Waals surface area (Å²) in [6.07, 6.45) is 3.16. The number of nitrogen functional groups attached to an aromatic ring is 1. The zero-order valence-electron chi connectivity index (χ0n) is 9.09. The lowest BCUT2D eigenvalue weighted by molar-refractivity contribution is 0.171. The lowest BCUT2D eigenvalue weighted by atomic mass is 10.2. The van der Waals surface area contributed by atoms with Crippen molar-refractivity contribution >= 4 is 5.69 Å². The fraction of sp³-hybridized carbons (Fsp3) is 0.167. The molecule has 1 aliphatic heterocycles. The van der Waals surface area contributed by atoms with Crippen molar-refractivity contribution in [2.75, 3.05) is 18.9 Å². The number of hydrogen-bond acceptors (Lipinski definition) is 5. The Morgan fingerprint density at radius 3 is 2.47 bits per heavy atom. The molecular formula is C12H11N3O2. The Kier molecular flexibility index (Phi) is 2.29. The van der Waals surface area contributed by atoms with Gasteiger partial charge in [-0.1, -0.05) is 0 Å². The van der Waals surface area contributed by atoms with E-state index in [-0.39, 0.29) is 0 Å². The highest BCUT2D eigenvalue weighted by Crippen LogP contribution is 2.33. The topological polar surface area (TPSA) is 70.3 Å². The molecule has 2 heterocycles. The fourth-order valence-corrected chi connectivity index (χ4v) is 1.67. The summed E-state index contributed by atoms with van der Waals surface area (Å²) in [6.45, 7) is 1.16. The first-order valence-corrected chi connectivity index (χ1v) is 5.30. The van der Waals surface area contributed by atoms with E-state index in [2.05, 4.69) is 9.97 Å². The van der Waals surface area contributed by atoms with Crippen LogP contribution in [0.3, 0.4) is 0 Å². The van der Waals surface area contributed by atoms with E-state index in [0.29, 0.717) is 24.7 Å². The third kappa shape index (κ3) is 1.87. The first kappa shape index (κ1) is 9.89. The van der Waals surface area contributed by atoms with Gasteiger partial charge in [-0.25, -0.2) is 9.97 Å². The highest BCUT2D eigenvalue weighted by molar-refractivity contribution is 5.61. The summed E-state index contributed by atoms with van der Waals surface area (Å²) in [5.41, 5.74) is 6.98. The van der Waals surface area contributed by atoms with E-state index in [1.165, 1.54) is 0 Å². The van der Waals surface area contributed by atoms with Gasteiger partial charge in [-0.05, 0) is 18.2 Å². The third-order valence-electron chi connectivity index (χ3n) is 2.47. The van der Waals surface area contributed by atoms with Crippen molar-refractivity contribution < 1.29 is 9.47 Å². The summed E-state index contributed by atoms with van der Waals surface area (Å²) in [4.78, 5) is 8.33. The predicted molar refractivity (Wildman–Crippen MR) is 62.9 cm³/mol. The number of fused-ring (bicyclic) bond motifs is 1. The van der Waals surface area contributed by atoms with Crippen LogP contribution in [0.1, 0.15) is 0 Å². The van der Waals surface area contributed by atoms with Crippen LogP contribution in [-0.4, -0.2) is 23.2 Å². The molecule has 86 valence electrons. The smallest absolute Gasteiger partial charge is 0.162 e. The summed E-state index contributed by atoms with van der Waals surface area (Å²) in [5, 5.41) is 0. The number of aromatic nitrogens is 2. The van der Waals surface area contributed by atoms with Crippen LogP contribution >= 0.6 is 0 Å². The first-order chi connectivity index (χ1) is 8.33. The summed E-state index contributed by atoms with van der Waals surface area (Å²) < 4.78 is 11.0. The van der Waals surface area contributed by atoms with Crippen LogP contribution in [0.5, 0.6) is 11.5 Å². The Bertz CT molecular complexity index is 540. The molecule has 2 N–H and O–H groups in total. The molecule has 1 aromatic carbocycles. The molecule has 1 aliphatic rings. The number of nitrogens with two attached hydrogens (primary N) is 1. The lowest BCUT2D eigenvalue weighted by Crippen LogP contribution is -2.15. The minimum atomic E-state index is 0.547. The highest BCUT2D eigenvalue weighted by atomic mass is 16.6. The normalized spacial score (nSPS) is 13.4. The second-order valence-electron chi connectivity index (χ2n) is 3.70. The van der Waals surface area contributed by atoms with E-state index in [1.54, 1.807) is 12.4 Å². The molecular weight excluding hydrogens is 218 g/mol. The minimum absolute atomic E-state index is 0.547. The van der Waals surface area contributed by atoms with Gasteiger partial charge in [-0.15, -0.1) is 0 Å². The Hall–Kier alpha value is -2.30. The number of rotatable bonds is 1. The molecule has 0 unspecified atom stereocenters. The van der Waals surface area contributed by atoms with E-state index in [1.807, 2.05) is 18.2 Å². The van der Waals surface area contributed by atoms with Gasteiger partial charge >= 0.3 is 0 Å². The average Bonchev–Trinajstić information content (AvgIpc) is 2.39. The third-order valence-corrected chi connectivity index (χ3v) is 2.47. The summed E-state index contributed by atoms with van der Waals surface area (Å²) in [6, 6.07) is 5.64. The van der Waals surface area contributed by atoms with Crippen molar-refractivity contribution in [3.63, 3.8) is 0 Å². The molecule has 3 rings (SSSR count). The largest absolute Gasteiger partial charge is 0.486 e. The van der Waals surface area contributed by atoms with E-state index < -0.39 is 0 Å². The standard InChI is InChI=1S/C12H11N3O2/c13-9-6-14-12(15-7-9)8-1-2-10-11(5-8)17-4-3-16-10/h1-2,5-7H,3-4,13H2. The highest BCUT2D eigenvalue weighted by Gasteiger charge is 2.13. The molecule has 2 aromatic rings. The number of anilines is 1. The van der Waals surface area contributed by atoms with Crippen molar-refractivity contribution in [2.45, 2.75) is 0 Å². The monoisotopic (exact) mass is 229 g/mol. The van der Waals surface area contributed by atoms with E-state index >= 15 is 0 Å². The molecule has 5 nitrogen and oxygen atoms in total. The average molecular weight is 229 g/mol. The van der Waals surface area contributed by atoms with Crippen LogP contribution in [0.2, 0.25) is 0 Å². The van der Waals surface area contributed by atoms with Gasteiger partial charge in [0.15, 0.2) is 17.3 Å². The van der Waals surface area contributed by atoms with Gasteiger partial charge in [0.2, 0.25) is 0 Å². The van der Waals surface area contributed by atoms with Gasteiger partial charge in [0.1, 0.15) is 13.2 Å². The van der Waals surface area contributed by atoms with E-state index in [4.69, 9.17) is 15.2 Å². The molecule has 0 radical (unpaired) electrons. The second kappa shape index (κ2) is 3.93. The molecule has 5 heteroatoms. The predicted octanol–water partition coefficient (Wildman–Crippen LogP) is 1.50.